The van der Waals surface area contributed by atoms with E-state index in [-0.39, 0.29) is 12.2 Å². The Kier molecular flexibility index (Phi) is 5.46. The van der Waals surface area contributed by atoms with E-state index in [0.29, 0.717) is 10.9 Å². The number of nitrogens with one attached hydrogen (secondary N) is 3. The Bertz CT molecular complexity index is 968. The summed E-state index contributed by atoms with van der Waals surface area (Å²) in [6, 6.07) is 15.6. The number of fused-ring (bicyclic) bond motifs is 1. The van der Waals surface area contributed by atoms with Crippen molar-refractivity contribution in [3.63, 3.8) is 0 Å². The summed E-state index contributed by atoms with van der Waals surface area (Å²) in [5.74, 6) is -1.48. The quantitative estimate of drug-likeness (QED) is 0.599. The van der Waals surface area contributed by atoms with Crippen molar-refractivity contribution in [3.8, 4) is 0 Å². The van der Waals surface area contributed by atoms with Gasteiger partial charge in [-0.15, -0.1) is 0 Å². The zero-order valence-corrected chi connectivity index (χ0v) is 14.6. The van der Waals surface area contributed by atoms with E-state index < -0.39 is 24.0 Å². The van der Waals surface area contributed by atoms with Gasteiger partial charge in [-0.25, -0.2) is 9.59 Å². The third kappa shape index (κ3) is 4.49. The first-order valence-electron chi connectivity index (χ1n) is 8.31. The predicted octanol–water partition coefficient (Wildman–Crippen LogP) is 2.13. The van der Waals surface area contributed by atoms with Crippen molar-refractivity contribution >= 4 is 28.8 Å². The van der Waals surface area contributed by atoms with Crippen molar-refractivity contribution in [2.45, 2.75) is 19.6 Å². The number of hydrogen-bond donors (Lipinski definition) is 3. The van der Waals surface area contributed by atoms with Gasteiger partial charge in [0.15, 0.2) is 11.8 Å². The van der Waals surface area contributed by atoms with Crippen molar-refractivity contribution in [1.29, 1.82) is 0 Å². The normalized spacial score (nSPS) is 11.6. The van der Waals surface area contributed by atoms with Crippen molar-refractivity contribution in [2.24, 2.45) is 0 Å². The number of carbonyl (C=O) groups is 3. The highest BCUT2D eigenvalue weighted by molar-refractivity contribution is 6.03. The van der Waals surface area contributed by atoms with Gasteiger partial charge in [-0.05, 0) is 18.6 Å². The first-order valence-corrected chi connectivity index (χ1v) is 8.31. The molecule has 0 saturated heterocycles. The van der Waals surface area contributed by atoms with Crippen molar-refractivity contribution < 1.29 is 19.1 Å². The number of H-pyrrole nitrogens is 1. The van der Waals surface area contributed by atoms with Crippen LogP contribution in [-0.4, -0.2) is 34.2 Å². The minimum Gasteiger partial charge on any atom is -0.448 e. The lowest BCUT2D eigenvalue weighted by molar-refractivity contribution is -0.127. The molecule has 0 aliphatic heterocycles. The third-order valence-corrected chi connectivity index (χ3v) is 3.85. The molecule has 1 aromatic heterocycles. The molecule has 0 saturated carbocycles. The van der Waals surface area contributed by atoms with Gasteiger partial charge in [0.05, 0.1) is 5.52 Å². The van der Waals surface area contributed by atoms with E-state index in [9.17, 15) is 14.4 Å². The van der Waals surface area contributed by atoms with Gasteiger partial charge in [-0.3, -0.25) is 15.2 Å². The number of urea groups is 1. The standard InChI is InChI=1S/C19H18N4O4/c1-12(17(24)21-19(26)20-11-13-7-3-2-4-8-13)27-18(25)16-14-9-5-6-10-15(14)22-23-16/h2-10,12H,11H2,1H3,(H,22,23)(H2,20,21,24,26)/t12-/m0/s1. The van der Waals surface area contributed by atoms with Gasteiger partial charge in [-0.1, -0.05) is 48.5 Å². The number of carbonyl (C=O) groups excluding carboxylic acids is 3. The monoisotopic (exact) mass is 366 g/mol. The number of hydrogen-bond acceptors (Lipinski definition) is 5. The smallest absolute Gasteiger partial charge is 0.360 e. The van der Waals surface area contributed by atoms with Crippen LogP contribution in [0.15, 0.2) is 54.6 Å². The van der Waals surface area contributed by atoms with Gasteiger partial charge in [0.25, 0.3) is 5.91 Å². The largest absolute Gasteiger partial charge is 0.448 e. The maximum atomic E-state index is 12.2. The summed E-state index contributed by atoms with van der Waals surface area (Å²) >= 11 is 0. The van der Waals surface area contributed by atoms with Gasteiger partial charge in [-0.2, -0.15) is 5.10 Å². The topological polar surface area (TPSA) is 113 Å². The summed E-state index contributed by atoms with van der Waals surface area (Å²) in [6.45, 7) is 1.65. The second kappa shape index (κ2) is 8.13. The number of imide groups is 1. The predicted molar refractivity (Wildman–Crippen MR) is 97.8 cm³/mol. The molecule has 0 unspecified atom stereocenters. The fourth-order valence-electron chi connectivity index (χ4n) is 2.42. The van der Waals surface area contributed by atoms with E-state index in [1.54, 1.807) is 24.3 Å². The van der Waals surface area contributed by atoms with Crippen molar-refractivity contribution in [3.05, 3.63) is 65.9 Å². The Balaban J connectivity index is 1.52. The Morgan fingerprint density at radius 2 is 1.78 bits per heavy atom. The van der Waals surface area contributed by atoms with E-state index in [2.05, 4.69) is 20.8 Å². The molecule has 3 aromatic rings. The van der Waals surface area contributed by atoms with E-state index in [1.165, 1.54) is 6.92 Å². The van der Waals surface area contributed by atoms with E-state index >= 15 is 0 Å². The van der Waals surface area contributed by atoms with Crippen LogP contribution >= 0.6 is 0 Å². The van der Waals surface area contributed by atoms with E-state index in [4.69, 9.17) is 4.74 Å². The van der Waals surface area contributed by atoms with E-state index in [0.717, 1.165) is 5.56 Å². The molecule has 2 aromatic carbocycles. The highest BCUT2D eigenvalue weighted by atomic mass is 16.5. The highest BCUT2D eigenvalue weighted by Gasteiger charge is 2.23. The van der Waals surface area contributed by atoms with Gasteiger partial charge >= 0.3 is 12.0 Å². The summed E-state index contributed by atoms with van der Waals surface area (Å²) in [6.07, 6.45) is -1.16. The number of rotatable bonds is 5. The summed E-state index contributed by atoms with van der Waals surface area (Å²) in [4.78, 5) is 36.1. The SMILES string of the molecule is C[C@H](OC(=O)c1n[nH]c2ccccc12)C(=O)NC(=O)NCc1ccccc1. The lowest BCUT2D eigenvalue weighted by atomic mass is 10.2. The van der Waals surface area contributed by atoms with Crippen LogP contribution in [0.5, 0.6) is 0 Å². The maximum Gasteiger partial charge on any atom is 0.360 e. The Hall–Kier alpha value is -3.68. The van der Waals surface area contributed by atoms with Gasteiger partial charge in [0.2, 0.25) is 0 Å². The fraction of sp³-hybridized carbons (Fsp3) is 0.158. The second-order valence-corrected chi connectivity index (χ2v) is 5.82. The molecule has 3 N–H and O–H groups in total. The molecular formula is C19H18N4O4. The molecule has 1 atom stereocenters. The van der Waals surface area contributed by atoms with Crippen LogP contribution in [0, 0.1) is 0 Å². The number of aromatic amines is 1. The second-order valence-electron chi connectivity index (χ2n) is 5.82. The van der Waals surface area contributed by atoms with Crippen LogP contribution in [0.3, 0.4) is 0 Å². The molecule has 27 heavy (non-hydrogen) atoms. The molecule has 3 rings (SSSR count). The molecule has 0 bridgehead atoms. The Morgan fingerprint density at radius 1 is 1.07 bits per heavy atom. The minimum absolute atomic E-state index is 0.0822. The summed E-state index contributed by atoms with van der Waals surface area (Å²) in [5, 5.41) is 11.9. The van der Waals surface area contributed by atoms with Crippen molar-refractivity contribution in [2.75, 3.05) is 0 Å². The molecule has 138 valence electrons. The summed E-state index contributed by atoms with van der Waals surface area (Å²) in [7, 11) is 0. The van der Waals surface area contributed by atoms with Gasteiger partial charge < -0.3 is 10.1 Å². The number of para-hydroxylation sites is 1. The van der Waals surface area contributed by atoms with Gasteiger partial charge in [0, 0.05) is 11.9 Å². The number of benzene rings is 2. The average molecular weight is 366 g/mol. The molecule has 3 amide bonds. The van der Waals surface area contributed by atoms with Crippen molar-refractivity contribution in [1.82, 2.24) is 20.8 Å². The number of aromatic nitrogens is 2. The van der Waals surface area contributed by atoms with Crippen LogP contribution in [-0.2, 0) is 16.1 Å². The first-order chi connectivity index (χ1) is 13.0. The molecule has 0 radical (unpaired) electrons. The fourth-order valence-corrected chi connectivity index (χ4v) is 2.42. The number of nitrogens with zero attached hydrogens (tertiary/aromatic N) is 1. The number of esters is 1. The molecule has 0 aliphatic rings. The molecule has 8 nitrogen and oxygen atoms in total. The van der Waals surface area contributed by atoms with Gasteiger partial charge in [0.1, 0.15) is 0 Å². The van der Waals surface area contributed by atoms with Crippen LogP contribution < -0.4 is 10.6 Å². The molecule has 0 spiro atoms. The lowest BCUT2D eigenvalue weighted by Gasteiger charge is -2.12. The summed E-state index contributed by atoms with van der Waals surface area (Å²) < 4.78 is 5.11. The third-order valence-electron chi connectivity index (χ3n) is 3.85. The van der Waals surface area contributed by atoms with Crippen LogP contribution in [0.1, 0.15) is 23.0 Å². The molecule has 0 aliphatic carbocycles. The Morgan fingerprint density at radius 3 is 2.56 bits per heavy atom. The molecule has 0 fully saturated rings. The average Bonchev–Trinajstić information content (AvgIpc) is 3.11. The maximum absolute atomic E-state index is 12.2. The Labute approximate surface area is 154 Å². The first kappa shape index (κ1) is 18.1. The zero-order valence-electron chi connectivity index (χ0n) is 14.6. The molecule has 1 heterocycles. The lowest BCUT2D eigenvalue weighted by Crippen LogP contribution is -2.44. The zero-order chi connectivity index (χ0) is 19.2. The van der Waals surface area contributed by atoms with Crippen LogP contribution in [0.4, 0.5) is 4.79 Å². The highest BCUT2D eigenvalue weighted by Crippen LogP contribution is 2.16. The number of ether oxygens (including phenoxy) is 1. The minimum atomic E-state index is -1.16. The molecular weight excluding hydrogens is 348 g/mol. The van der Waals surface area contributed by atoms with Crippen LogP contribution in [0.2, 0.25) is 0 Å². The van der Waals surface area contributed by atoms with E-state index in [1.807, 2.05) is 30.3 Å². The molecule has 8 heteroatoms. The summed E-state index contributed by atoms with van der Waals surface area (Å²) in [5.41, 5.74) is 1.66. The number of amides is 3. The van der Waals surface area contributed by atoms with Crippen LogP contribution in [0.25, 0.3) is 10.9 Å².